The molecule has 13 nitrogen and oxygen atoms in total. The summed E-state index contributed by atoms with van der Waals surface area (Å²) in [6.07, 6.45) is 0.761. The lowest BCUT2D eigenvalue weighted by atomic mass is 10.1. The molecule has 0 aliphatic carbocycles. The largest absolute Gasteiger partial charge is 0.460 e. The van der Waals surface area contributed by atoms with E-state index in [1.807, 2.05) is 0 Å². The zero-order valence-electron chi connectivity index (χ0n) is 21.7. The van der Waals surface area contributed by atoms with E-state index < -0.39 is 70.8 Å². The van der Waals surface area contributed by atoms with Gasteiger partial charge in [0.1, 0.15) is 18.2 Å². The Hall–Kier alpha value is -3.94. The molecule has 210 valence electrons. The average Bonchev–Trinajstić information content (AvgIpc) is 2.81. The Morgan fingerprint density at radius 3 is 2.16 bits per heavy atom. The van der Waals surface area contributed by atoms with E-state index in [9.17, 15) is 32.4 Å². The molecule has 1 aromatic carbocycles. The van der Waals surface area contributed by atoms with Crippen molar-refractivity contribution in [3.05, 3.63) is 47.4 Å². The molecule has 0 spiro atoms. The lowest BCUT2D eigenvalue weighted by Gasteiger charge is -2.22. The lowest BCUT2D eigenvalue weighted by molar-refractivity contribution is -0.156. The standard InChI is InChI=1S/C24H34N4O9S/c1-24(2,3)37-21(31)13-18(28-23(33)36-16-17-9-6-5-7-10-17)22(32)27-15-20(30)26-14-19(29)25-11-8-12-38(4,34)35/h5-10,12,18H,11,13-16H2,1-4H3,(H,25,29)(H,26,30)(H,27,32)(H,28,33)/b12-8+/t18-/m0/s1. The number of esters is 1. The van der Waals surface area contributed by atoms with E-state index in [1.54, 1.807) is 51.1 Å². The van der Waals surface area contributed by atoms with Gasteiger partial charge in [0, 0.05) is 18.2 Å². The molecule has 1 atom stereocenters. The first-order valence-electron chi connectivity index (χ1n) is 11.5. The fraction of sp³-hybridized carbons (Fsp3) is 0.458. The average molecular weight is 555 g/mol. The summed E-state index contributed by atoms with van der Waals surface area (Å²) in [4.78, 5) is 60.9. The predicted octanol–water partition coefficient (Wildman–Crippen LogP) is -0.0799. The minimum atomic E-state index is -3.32. The molecule has 0 bridgehead atoms. The topological polar surface area (TPSA) is 186 Å². The minimum absolute atomic E-state index is 0.0586. The van der Waals surface area contributed by atoms with Gasteiger partial charge in [-0.1, -0.05) is 36.4 Å². The highest BCUT2D eigenvalue weighted by Crippen LogP contribution is 2.10. The third-order valence-electron chi connectivity index (χ3n) is 4.24. The normalized spacial score (nSPS) is 12.2. The number of amides is 4. The SMILES string of the molecule is CC(C)(C)OC(=O)C[C@H](NC(=O)OCc1ccccc1)C(=O)NCC(=O)NCC(=O)NC/C=C/S(C)(=O)=O. The second-order valence-corrected chi connectivity index (χ2v) is 11.0. The van der Waals surface area contributed by atoms with Crippen molar-refractivity contribution in [2.75, 3.05) is 25.9 Å². The Bertz CT molecular complexity index is 1110. The molecule has 0 radical (unpaired) electrons. The molecule has 4 N–H and O–H groups in total. The molecule has 0 aliphatic rings. The molecular weight excluding hydrogens is 520 g/mol. The summed E-state index contributed by atoms with van der Waals surface area (Å²) in [7, 11) is -3.32. The van der Waals surface area contributed by atoms with E-state index in [-0.39, 0.29) is 13.2 Å². The summed E-state index contributed by atoms with van der Waals surface area (Å²) < 4.78 is 32.3. The summed E-state index contributed by atoms with van der Waals surface area (Å²) in [6, 6.07) is 7.41. The molecule has 4 amide bonds. The summed E-state index contributed by atoms with van der Waals surface area (Å²) in [5, 5.41) is 10.2. The van der Waals surface area contributed by atoms with Crippen LogP contribution in [-0.4, -0.2) is 75.7 Å². The van der Waals surface area contributed by atoms with Crippen LogP contribution < -0.4 is 21.3 Å². The third kappa shape index (κ3) is 15.9. The van der Waals surface area contributed by atoms with E-state index in [4.69, 9.17) is 9.47 Å². The van der Waals surface area contributed by atoms with Crippen molar-refractivity contribution in [2.24, 2.45) is 0 Å². The predicted molar refractivity (Wildman–Crippen MR) is 137 cm³/mol. The van der Waals surface area contributed by atoms with Gasteiger partial charge < -0.3 is 30.7 Å². The number of benzene rings is 1. The van der Waals surface area contributed by atoms with Crippen LogP contribution in [0.1, 0.15) is 32.8 Å². The van der Waals surface area contributed by atoms with Crippen molar-refractivity contribution >= 4 is 39.6 Å². The Kier molecular flexibility index (Phi) is 13.0. The molecule has 1 aromatic rings. The van der Waals surface area contributed by atoms with Crippen LogP contribution in [0.25, 0.3) is 0 Å². The van der Waals surface area contributed by atoms with E-state index in [1.165, 1.54) is 6.08 Å². The molecule has 0 heterocycles. The van der Waals surface area contributed by atoms with Gasteiger partial charge in [-0.15, -0.1) is 0 Å². The second kappa shape index (κ2) is 15.3. The van der Waals surface area contributed by atoms with Crippen LogP contribution in [0.15, 0.2) is 41.8 Å². The number of nitrogens with one attached hydrogen (secondary N) is 4. The number of carbonyl (C=O) groups excluding carboxylic acids is 5. The van der Waals surface area contributed by atoms with Crippen LogP contribution in [0.5, 0.6) is 0 Å². The van der Waals surface area contributed by atoms with Gasteiger partial charge in [-0.05, 0) is 26.3 Å². The number of hydrogen-bond donors (Lipinski definition) is 4. The maximum atomic E-state index is 12.6. The van der Waals surface area contributed by atoms with Crippen LogP contribution in [0.4, 0.5) is 4.79 Å². The molecule has 0 saturated heterocycles. The summed E-state index contributed by atoms with van der Waals surface area (Å²) >= 11 is 0. The van der Waals surface area contributed by atoms with Gasteiger partial charge in [-0.3, -0.25) is 19.2 Å². The van der Waals surface area contributed by atoms with Crippen LogP contribution in [0, 0.1) is 0 Å². The Morgan fingerprint density at radius 2 is 1.55 bits per heavy atom. The van der Waals surface area contributed by atoms with Crippen LogP contribution in [0.2, 0.25) is 0 Å². The number of ether oxygens (including phenoxy) is 2. The van der Waals surface area contributed by atoms with Crippen molar-refractivity contribution in [3.8, 4) is 0 Å². The summed E-state index contributed by atoms with van der Waals surface area (Å²) in [5.74, 6) is -2.92. The van der Waals surface area contributed by atoms with Gasteiger partial charge in [-0.25, -0.2) is 13.2 Å². The van der Waals surface area contributed by atoms with Gasteiger partial charge in [0.25, 0.3) is 0 Å². The first-order chi connectivity index (χ1) is 17.6. The highest BCUT2D eigenvalue weighted by Gasteiger charge is 2.28. The maximum absolute atomic E-state index is 12.6. The number of hydrogen-bond acceptors (Lipinski definition) is 9. The fourth-order valence-electron chi connectivity index (χ4n) is 2.66. The van der Waals surface area contributed by atoms with Crippen LogP contribution in [-0.2, 0) is 45.1 Å². The van der Waals surface area contributed by atoms with Crippen LogP contribution in [0.3, 0.4) is 0 Å². The molecular formula is C24H34N4O9S. The minimum Gasteiger partial charge on any atom is -0.460 e. The van der Waals surface area contributed by atoms with Crippen molar-refractivity contribution in [1.82, 2.24) is 21.3 Å². The Balaban J connectivity index is 2.60. The molecule has 0 saturated carbocycles. The van der Waals surface area contributed by atoms with Gasteiger partial charge in [-0.2, -0.15) is 0 Å². The van der Waals surface area contributed by atoms with E-state index in [0.717, 1.165) is 11.7 Å². The first kappa shape index (κ1) is 32.1. The van der Waals surface area contributed by atoms with Crippen molar-refractivity contribution < 1.29 is 41.9 Å². The van der Waals surface area contributed by atoms with Crippen molar-refractivity contribution in [2.45, 2.75) is 45.4 Å². The number of carbonyl (C=O) groups is 5. The van der Waals surface area contributed by atoms with Crippen molar-refractivity contribution in [3.63, 3.8) is 0 Å². The van der Waals surface area contributed by atoms with E-state index in [2.05, 4.69) is 21.3 Å². The molecule has 38 heavy (non-hydrogen) atoms. The van der Waals surface area contributed by atoms with Gasteiger partial charge in [0.15, 0.2) is 9.84 Å². The molecule has 14 heteroatoms. The lowest BCUT2D eigenvalue weighted by Crippen LogP contribution is -2.50. The molecule has 0 aromatic heterocycles. The van der Waals surface area contributed by atoms with Gasteiger partial charge in [0.2, 0.25) is 17.7 Å². The smallest absolute Gasteiger partial charge is 0.408 e. The summed E-state index contributed by atoms with van der Waals surface area (Å²) in [5.41, 5.74) is -0.115. The monoisotopic (exact) mass is 554 g/mol. The molecule has 0 aliphatic heterocycles. The number of rotatable bonds is 13. The molecule has 0 unspecified atom stereocenters. The number of alkyl carbamates (subject to hydrolysis) is 1. The van der Waals surface area contributed by atoms with Gasteiger partial charge >= 0.3 is 12.1 Å². The van der Waals surface area contributed by atoms with Gasteiger partial charge in [0.05, 0.1) is 19.5 Å². The van der Waals surface area contributed by atoms with E-state index in [0.29, 0.717) is 5.56 Å². The second-order valence-electron chi connectivity index (χ2n) is 9.05. The van der Waals surface area contributed by atoms with Crippen LogP contribution >= 0.6 is 0 Å². The highest BCUT2D eigenvalue weighted by atomic mass is 32.2. The molecule has 0 fully saturated rings. The summed E-state index contributed by atoms with van der Waals surface area (Å²) in [6.45, 7) is 3.83. The molecule has 1 rings (SSSR count). The Morgan fingerprint density at radius 1 is 0.947 bits per heavy atom. The maximum Gasteiger partial charge on any atom is 0.408 e. The van der Waals surface area contributed by atoms with E-state index >= 15 is 0 Å². The zero-order valence-corrected chi connectivity index (χ0v) is 22.6. The highest BCUT2D eigenvalue weighted by molar-refractivity contribution is 7.93. The zero-order chi connectivity index (χ0) is 28.8. The number of sulfone groups is 1. The Labute approximate surface area is 221 Å². The third-order valence-corrected chi connectivity index (χ3v) is 4.93. The first-order valence-corrected chi connectivity index (χ1v) is 13.5. The quantitative estimate of drug-likeness (QED) is 0.242. The van der Waals surface area contributed by atoms with Crippen molar-refractivity contribution in [1.29, 1.82) is 0 Å². The fourth-order valence-corrected chi connectivity index (χ4v) is 3.10.